The van der Waals surface area contributed by atoms with Crippen molar-refractivity contribution in [3.63, 3.8) is 0 Å². The van der Waals surface area contributed by atoms with E-state index in [9.17, 15) is 10.00 Å². The number of aromatic nitrogens is 4. The second kappa shape index (κ2) is 6.00. The number of thiol groups is 1. The number of rotatable bonds is 4. The number of fused-ring (bicyclic) bond motifs is 1. The van der Waals surface area contributed by atoms with Gasteiger partial charge in [0.05, 0.1) is 19.0 Å². The van der Waals surface area contributed by atoms with Crippen LogP contribution in [0.3, 0.4) is 0 Å². The number of anilines is 1. The highest BCUT2D eigenvalue weighted by Crippen LogP contribution is 2.51. The van der Waals surface area contributed by atoms with Crippen LogP contribution < -0.4 is 5.73 Å². The molecule has 0 aliphatic carbocycles. The highest BCUT2D eigenvalue weighted by atomic mass is 32.9. The van der Waals surface area contributed by atoms with E-state index in [1.54, 1.807) is 4.57 Å². The van der Waals surface area contributed by atoms with Gasteiger partial charge in [0.1, 0.15) is 24.2 Å². The second-order valence-corrected chi connectivity index (χ2v) is 9.88. The number of aliphatic hydroxyl groups excluding tert-OH is 1. The van der Waals surface area contributed by atoms with Crippen LogP contribution in [0.5, 0.6) is 0 Å². The Morgan fingerprint density at radius 2 is 2.32 bits per heavy atom. The minimum atomic E-state index is -3.16. The zero-order valence-electron chi connectivity index (χ0n) is 11.2. The third-order valence-electron chi connectivity index (χ3n) is 3.33. The lowest BCUT2D eigenvalue weighted by Gasteiger charge is -2.19. The van der Waals surface area contributed by atoms with Crippen molar-refractivity contribution in [2.24, 2.45) is 0 Å². The van der Waals surface area contributed by atoms with E-state index in [0.717, 1.165) is 0 Å². The molecular weight excluding hydrogens is 349 g/mol. The maximum atomic E-state index is 9.59. The lowest BCUT2D eigenvalue weighted by molar-refractivity contribution is -0.0386. The van der Waals surface area contributed by atoms with Crippen molar-refractivity contribution in [3.05, 3.63) is 12.7 Å². The lowest BCUT2D eigenvalue weighted by Crippen LogP contribution is -2.26. The minimum absolute atomic E-state index is 0.270. The third kappa shape index (κ3) is 3.11. The average Bonchev–Trinajstić information content (AvgIpc) is 3.01. The van der Waals surface area contributed by atoms with Gasteiger partial charge in [-0.3, -0.25) is 4.57 Å². The van der Waals surface area contributed by atoms with Gasteiger partial charge in [-0.25, -0.2) is 15.0 Å². The monoisotopic (exact) mass is 363 g/mol. The summed E-state index contributed by atoms with van der Waals surface area (Å²) in [7, 11) is 0. The van der Waals surface area contributed by atoms with Crippen LogP contribution in [0.1, 0.15) is 12.6 Å². The molecule has 4 N–H and O–H groups in total. The Kier molecular flexibility index (Phi) is 4.38. The van der Waals surface area contributed by atoms with Crippen molar-refractivity contribution in [3.8, 4) is 0 Å². The molecule has 1 unspecified atom stereocenters. The van der Waals surface area contributed by atoms with E-state index in [1.165, 1.54) is 12.7 Å². The van der Waals surface area contributed by atoms with E-state index in [2.05, 4.69) is 27.2 Å². The molecule has 22 heavy (non-hydrogen) atoms. The zero-order valence-corrected chi connectivity index (χ0v) is 13.8. The minimum Gasteiger partial charge on any atom is -0.394 e. The van der Waals surface area contributed by atoms with Crippen molar-refractivity contribution in [2.75, 3.05) is 12.3 Å². The molecule has 3 rings (SSSR count). The average molecular weight is 363 g/mol. The second-order valence-electron chi connectivity index (χ2n) is 4.76. The lowest BCUT2D eigenvalue weighted by atomic mass is 10.2. The number of aliphatic hydroxyl groups is 1. The molecule has 4 atom stereocenters. The first-order valence-corrected chi connectivity index (χ1v) is 10.1. The summed E-state index contributed by atoms with van der Waals surface area (Å²) in [5.41, 5.74) is 3.58. The van der Waals surface area contributed by atoms with Gasteiger partial charge in [0.2, 0.25) is 5.69 Å². The van der Waals surface area contributed by atoms with Crippen LogP contribution in [-0.4, -0.2) is 48.3 Å². The van der Waals surface area contributed by atoms with Gasteiger partial charge in [-0.15, -0.1) is 0 Å². The Labute approximate surface area is 135 Å². The molecule has 0 radical (unpaired) electrons. The predicted octanol–water partition coefficient (Wildman–Crippen LogP) is 0.220. The number of hydrogen-bond acceptors (Lipinski definition) is 8. The first kappa shape index (κ1) is 16.1. The standard InChI is InChI=1S/C10H14N5O4PS2/c11-9-8-10(13-3-12-9)15(4-14-8)7-1-5(6(2-16)18-7)19-20(17,21)22/h3-7,16H,1-2H2,(H2,11,12,13)(H2,17,21,22)/t5-,6+,7+/m0/s1. The Morgan fingerprint density at radius 1 is 1.55 bits per heavy atom. The molecule has 0 saturated carbocycles. The first-order valence-electron chi connectivity index (χ1n) is 6.32. The van der Waals surface area contributed by atoms with E-state index in [4.69, 9.17) is 26.8 Å². The molecule has 1 aliphatic heterocycles. The number of hydrogen-bond donors (Lipinski definition) is 4. The van der Waals surface area contributed by atoms with Crippen LogP contribution >= 0.6 is 17.9 Å². The maximum Gasteiger partial charge on any atom is 0.242 e. The van der Waals surface area contributed by atoms with Gasteiger partial charge in [0, 0.05) is 6.42 Å². The molecule has 1 saturated heterocycles. The van der Waals surface area contributed by atoms with E-state index in [-0.39, 0.29) is 12.4 Å². The Hall–Kier alpha value is -0.810. The third-order valence-corrected chi connectivity index (χ3v) is 4.42. The smallest absolute Gasteiger partial charge is 0.242 e. The van der Waals surface area contributed by atoms with Crippen molar-refractivity contribution < 1.29 is 19.3 Å². The summed E-state index contributed by atoms with van der Waals surface area (Å²) in [6, 6.07) is 0. The van der Waals surface area contributed by atoms with Gasteiger partial charge in [0.15, 0.2) is 11.5 Å². The SMILES string of the molecule is Nc1ncnc2c1ncn2[C@H]1C[C@H](OP(O)(=S)S)[C@@H](CO)O1. The Bertz CT molecular complexity index is 737. The van der Waals surface area contributed by atoms with Crippen molar-refractivity contribution >= 4 is 46.7 Å². The predicted molar refractivity (Wildman–Crippen MR) is 85.7 cm³/mol. The molecule has 0 spiro atoms. The molecule has 2 aromatic heterocycles. The molecule has 0 amide bonds. The molecular formula is C10H14N5O4PS2. The number of nitrogen functional groups attached to an aromatic ring is 1. The molecule has 9 nitrogen and oxygen atoms in total. The van der Waals surface area contributed by atoms with Crippen LogP contribution in [0, 0.1) is 0 Å². The van der Waals surface area contributed by atoms with Crippen LogP contribution in [0.25, 0.3) is 11.2 Å². The summed E-state index contributed by atoms with van der Waals surface area (Å²) in [6.07, 6.45) is 1.57. The highest BCUT2D eigenvalue weighted by Gasteiger charge is 2.39. The van der Waals surface area contributed by atoms with Crippen LogP contribution in [-0.2, 0) is 21.1 Å². The molecule has 120 valence electrons. The van der Waals surface area contributed by atoms with E-state index >= 15 is 0 Å². The van der Waals surface area contributed by atoms with Gasteiger partial charge in [-0.1, -0.05) is 12.2 Å². The zero-order chi connectivity index (χ0) is 15.9. The van der Waals surface area contributed by atoms with Gasteiger partial charge in [-0.2, -0.15) is 0 Å². The van der Waals surface area contributed by atoms with E-state index in [0.29, 0.717) is 17.6 Å². The number of imidazole rings is 1. The van der Waals surface area contributed by atoms with Gasteiger partial charge in [-0.05, 0) is 11.8 Å². The quantitative estimate of drug-likeness (QED) is 0.445. The summed E-state index contributed by atoms with van der Waals surface area (Å²) < 4.78 is 12.7. The van der Waals surface area contributed by atoms with Crippen molar-refractivity contribution in [1.82, 2.24) is 19.5 Å². The van der Waals surface area contributed by atoms with Crippen LogP contribution in [0.4, 0.5) is 5.82 Å². The molecule has 1 fully saturated rings. The molecule has 0 bridgehead atoms. The molecule has 3 heterocycles. The largest absolute Gasteiger partial charge is 0.394 e. The van der Waals surface area contributed by atoms with Gasteiger partial charge in [0.25, 0.3) is 0 Å². The van der Waals surface area contributed by atoms with E-state index < -0.39 is 24.1 Å². The maximum absolute atomic E-state index is 9.59. The topological polar surface area (TPSA) is 129 Å². The fourth-order valence-corrected chi connectivity index (χ4v) is 3.67. The molecule has 12 heteroatoms. The fourth-order valence-electron chi connectivity index (χ4n) is 2.40. The molecule has 2 aromatic rings. The number of ether oxygens (including phenoxy) is 1. The van der Waals surface area contributed by atoms with Crippen molar-refractivity contribution in [2.45, 2.75) is 24.9 Å². The molecule has 0 aromatic carbocycles. The first-order chi connectivity index (χ1) is 10.4. The normalized spacial score (nSPS) is 28.0. The number of nitrogens with two attached hydrogens (primary N) is 1. The van der Waals surface area contributed by atoms with Crippen molar-refractivity contribution in [1.29, 1.82) is 0 Å². The Morgan fingerprint density at radius 3 is 3.00 bits per heavy atom. The van der Waals surface area contributed by atoms with Gasteiger partial charge >= 0.3 is 0 Å². The highest BCUT2D eigenvalue weighted by molar-refractivity contribution is 8.59. The van der Waals surface area contributed by atoms with E-state index in [1.807, 2.05) is 0 Å². The summed E-state index contributed by atoms with van der Waals surface area (Å²) in [5.74, 6) is 0.273. The van der Waals surface area contributed by atoms with Gasteiger partial charge < -0.3 is 25.0 Å². The Balaban J connectivity index is 1.89. The molecule has 1 aliphatic rings. The van der Waals surface area contributed by atoms with Crippen LogP contribution in [0.15, 0.2) is 12.7 Å². The summed E-state index contributed by atoms with van der Waals surface area (Å²) in [6.45, 7) is -0.270. The fraction of sp³-hybridized carbons (Fsp3) is 0.500. The van der Waals surface area contributed by atoms with Crippen LogP contribution in [0.2, 0.25) is 0 Å². The summed E-state index contributed by atoms with van der Waals surface area (Å²) in [4.78, 5) is 21.8. The summed E-state index contributed by atoms with van der Waals surface area (Å²) >= 11 is 8.62. The number of nitrogens with zero attached hydrogens (tertiary/aromatic N) is 4. The summed E-state index contributed by atoms with van der Waals surface area (Å²) in [5, 5.41) is 9.40.